The lowest BCUT2D eigenvalue weighted by Gasteiger charge is -2.24. The number of fused-ring (bicyclic) bond motifs is 1. The molecule has 0 spiro atoms. The summed E-state index contributed by atoms with van der Waals surface area (Å²) >= 11 is 0. The van der Waals surface area contributed by atoms with Gasteiger partial charge in [-0.2, -0.15) is 0 Å². The summed E-state index contributed by atoms with van der Waals surface area (Å²) in [6.45, 7) is 2.29. The second kappa shape index (κ2) is 4.63. The van der Waals surface area contributed by atoms with Crippen LogP contribution in [0, 0.1) is 5.92 Å². The molecule has 0 saturated carbocycles. The third kappa shape index (κ3) is 2.17. The zero-order chi connectivity index (χ0) is 9.80. The summed E-state index contributed by atoms with van der Waals surface area (Å²) in [5.74, 6) is 0.963. The van der Waals surface area contributed by atoms with Gasteiger partial charge in [-0.05, 0) is 36.3 Å². The van der Waals surface area contributed by atoms with E-state index in [2.05, 4.69) is 31.2 Å². The quantitative estimate of drug-likeness (QED) is 0.673. The van der Waals surface area contributed by atoms with Gasteiger partial charge in [0.2, 0.25) is 0 Å². The molecule has 1 unspecified atom stereocenters. The molecule has 0 aliphatic heterocycles. The summed E-state index contributed by atoms with van der Waals surface area (Å²) in [4.78, 5) is 0. The van der Waals surface area contributed by atoms with Crippen LogP contribution >= 0.6 is 0 Å². The van der Waals surface area contributed by atoms with Gasteiger partial charge in [-0.3, -0.25) is 0 Å². The summed E-state index contributed by atoms with van der Waals surface area (Å²) < 4.78 is 0. The summed E-state index contributed by atoms with van der Waals surface area (Å²) in [5.41, 5.74) is 3.21. The second-order valence-corrected chi connectivity index (χ2v) is 4.52. The molecule has 1 aliphatic rings. The predicted octanol–water partition coefficient (Wildman–Crippen LogP) is 3.98. The van der Waals surface area contributed by atoms with E-state index in [0.717, 1.165) is 5.92 Å². The number of rotatable bonds is 3. The van der Waals surface area contributed by atoms with Crippen molar-refractivity contribution in [3.8, 4) is 0 Å². The maximum absolute atomic E-state index is 2.31. The Balaban J connectivity index is 1.99. The SMILES string of the molecule is CCCCC1CCc2ccccc2C1. The zero-order valence-electron chi connectivity index (χ0n) is 9.13. The molecule has 0 heteroatoms. The van der Waals surface area contributed by atoms with Crippen LogP contribution in [0.5, 0.6) is 0 Å². The highest BCUT2D eigenvalue weighted by Gasteiger charge is 2.17. The maximum atomic E-state index is 2.31. The van der Waals surface area contributed by atoms with Crippen LogP contribution < -0.4 is 0 Å². The minimum Gasteiger partial charge on any atom is -0.0654 e. The van der Waals surface area contributed by atoms with E-state index in [-0.39, 0.29) is 0 Å². The fourth-order valence-electron chi connectivity index (χ4n) is 2.51. The van der Waals surface area contributed by atoms with Gasteiger partial charge in [0.25, 0.3) is 0 Å². The van der Waals surface area contributed by atoms with E-state index >= 15 is 0 Å². The summed E-state index contributed by atoms with van der Waals surface area (Å²) in [5, 5.41) is 0. The van der Waals surface area contributed by atoms with Gasteiger partial charge >= 0.3 is 0 Å². The normalized spacial score (nSPS) is 20.5. The number of aryl methyl sites for hydroxylation is 1. The Bertz CT molecular complexity index is 288. The molecule has 0 radical (unpaired) electrons. The first-order chi connectivity index (χ1) is 6.90. The Morgan fingerprint density at radius 3 is 2.79 bits per heavy atom. The lowest BCUT2D eigenvalue weighted by molar-refractivity contribution is 0.413. The molecule has 1 aliphatic carbocycles. The molecular weight excluding hydrogens is 168 g/mol. The van der Waals surface area contributed by atoms with Crippen molar-refractivity contribution in [1.29, 1.82) is 0 Å². The molecule has 0 heterocycles. The molecule has 0 fully saturated rings. The van der Waals surface area contributed by atoms with Gasteiger partial charge in [-0.25, -0.2) is 0 Å². The standard InChI is InChI=1S/C14H20/c1-2-3-6-12-9-10-13-7-4-5-8-14(13)11-12/h4-5,7-8,12H,2-3,6,9-11H2,1H3. The van der Waals surface area contributed by atoms with Crippen LogP contribution in [0.25, 0.3) is 0 Å². The minimum atomic E-state index is 0.963. The van der Waals surface area contributed by atoms with Crippen molar-refractivity contribution in [3.05, 3.63) is 35.4 Å². The average molecular weight is 188 g/mol. The number of hydrogen-bond donors (Lipinski definition) is 0. The molecule has 14 heavy (non-hydrogen) atoms. The molecular formula is C14H20. The first-order valence-electron chi connectivity index (χ1n) is 5.97. The molecule has 0 saturated heterocycles. The molecule has 0 aromatic heterocycles. The molecule has 0 bridgehead atoms. The minimum absolute atomic E-state index is 0.963. The summed E-state index contributed by atoms with van der Waals surface area (Å²) in [7, 11) is 0. The van der Waals surface area contributed by atoms with Crippen LogP contribution in [0.2, 0.25) is 0 Å². The Morgan fingerprint density at radius 2 is 2.00 bits per heavy atom. The summed E-state index contributed by atoms with van der Waals surface area (Å²) in [6.07, 6.45) is 8.24. The lowest BCUT2D eigenvalue weighted by Crippen LogP contribution is -2.13. The predicted molar refractivity (Wildman–Crippen MR) is 61.5 cm³/mol. The van der Waals surface area contributed by atoms with E-state index in [9.17, 15) is 0 Å². The van der Waals surface area contributed by atoms with Crippen molar-refractivity contribution in [3.63, 3.8) is 0 Å². The first-order valence-corrected chi connectivity index (χ1v) is 5.97. The highest BCUT2D eigenvalue weighted by Crippen LogP contribution is 2.28. The summed E-state index contributed by atoms with van der Waals surface area (Å²) in [6, 6.07) is 8.96. The molecule has 76 valence electrons. The van der Waals surface area contributed by atoms with E-state index in [4.69, 9.17) is 0 Å². The highest BCUT2D eigenvalue weighted by atomic mass is 14.2. The van der Waals surface area contributed by atoms with Crippen LogP contribution in [0.4, 0.5) is 0 Å². The van der Waals surface area contributed by atoms with Crippen LogP contribution in [0.1, 0.15) is 43.7 Å². The molecule has 0 nitrogen and oxygen atoms in total. The topological polar surface area (TPSA) is 0 Å². The monoisotopic (exact) mass is 188 g/mol. The van der Waals surface area contributed by atoms with Gasteiger partial charge in [0, 0.05) is 0 Å². The molecule has 1 aromatic rings. The van der Waals surface area contributed by atoms with Gasteiger partial charge < -0.3 is 0 Å². The Labute approximate surface area is 87.3 Å². The second-order valence-electron chi connectivity index (χ2n) is 4.52. The van der Waals surface area contributed by atoms with Crippen molar-refractivity contribution < 1.29 is 0 Å². The molecule has 1 atom stereocenters. The van der Waals surface area contributed by atoms with Crippen LogP contribution in [0.15, 0.2) is 24.3 Å². The van der Waals surface area contributed by atoms with E-state index in [1.54, 1.807) is 11.1 Å². The van der Waals surface area contributed by atoms with Crippen LogP contribution in [-0.4, -0.2) is 0 Å². The van der Waals surface area contributed by atoms with Crippen molar-refractivity contribution in [2.75, 3.05) is 0 Å². The van der Waals surface area contributed by atoms with Crippen LogP contribution in [-0.2, 0) is 12.8 Å². The largest absolute Gasteiger partial charge is 0.0654 e. The van der Waals surface area contributed by atoms with Gasteiger partial charge in [-0.1, -0.05) is 50.5 Å². The lowest BCUT2D eigenvalue weighted by atomic mass is 9.81. The third-order valence-electron chi connectivity index (χ3n) is 3.41. The maximum Gasteiger partial charge on any atom is -0.0248 e. The number of unbranched alkanes of at least 4 members (excludes halogenated alkanes) is 1. The fourth-order valence-corrected chi connectivity index (χ4v) is 2.51. The molecule has 2 rings (SSSR count). The Kier molecular flexibility index (Phi) is 3.23. The van der Waals surface area contributed by atoms with E-state index < -0.39 is 0 Å². The zero-order valence-corrected chi connectivity index (χ0v) is 9.13. The fraction of sp³-hybridized carbons (Fsp3) is 0.571. The Hall–Kier alpha value is -0.780. The van der Waals surface area contributed by atoms with Crippen molar-refractivity contribution in [2.45, 2.75) is 45.4 Å². The van der Waals surface area contributed by atoms with Gasteiger partial charge in [0.1, 0.15) is 0 Å². The smallest absolute Gasteiger partial charge is 0.0248 e. The van der Waals surface area contributed by atoms with Gasteiger partial charge in [0.15, 0.2) is 0 Å². The van der Waals surface area contributed by atoms with Crippen molar-refractivity contribution in [1.82, 2.24) is 0 Å². The molecule has 1 aromatic carbocycles. The number of benzene rings is 1. The average Bonchev–Trinajstić information content (AvgIpc) is 2.26. The van der Waals surface area contributed by atoms with Gasteiger partial charge in [0.05, 0.1) is 0 Å². The van der Waals surface area contributed by atoms with Crippen molar-refractivity contribution >= 4 is 0 Å². The molecule has 0 amide bonds. The van der Waals surface area contributed by atoms with E-state index in [1.165, 1.54) is 38.5 Å². The van der Waals surface area contributed by atoms with Crippen molar-refractivity contribution in [2.24, 2.45) is 5.92 Å². The van der Waals surface area contributed by atoms with Gasteiger partial charge in [-0.15, -0.1) is 0 Å². The highest BCUT2D eigenvalue weighted by molar-refractivity contribution is 5.29. The Morgan fingerprint density at radius 1 is 1.21 bits per heavy atom. The molecule has 0 N–H and O–H groups in total. The number of hydrogen-bond acceptors (Lipinski definition) is 0. The first kappa shape index (κ1) is 9.76. The third-order valence-corrected chi connectivity index (χ3v) is 3.41. The van der Waals surface area contributed by atoms with E-state index in [1.807, 2.05) is 0 Å². The van der Waals surface area contributed by atoms with Crippen LogP contribution in [0.3, 0.4) is 0 Å². The van der Waals surface area contributed by atoms with E-state index in [0.29, 0.717) is 0 Å².